The third-order valence-electron chi connectivity index (χ3n) is 2.57. The van der Waals surface area contributed by atoms with Gasteiger partial charge in [0.2, 0.25) is 0 Å². The molecule has 104 valence electrons. The number of nitrogens with zero attached hydrogens (tertiary/aromatic N) is 1. The van der Waals surface area contributed by atoms with Crippen LogP contribution in [0.4, 0.5) is 5.69 Å². The smallest absolute Gasteiger partial charge is 0.119 e. The van der Waals surface area contributed by atoms with Crippen molar-refractivity contribution in [1.82, 2.24) is 0 Å². The minimum atomic E-state index is 0.217. The lowest BCUT2D eigenvalue weighted by Gasteiger charge is -2.06. The summed E-state index contributed by atoms with van der Waals surface area (Å²) in [5.41, 5.74) is 7.38. The lowest BCUT2D eigenvalue weighted by atomic mass is 10.2. The van der Waals surface area contributed by atoms with Crippen LogP contribution < -0.4 is 10.5 Å². The van der Waals surface area contributed by atoms with Crippen LogP contribution in [0, 0.1) is 0 Å². The summed E-state index contributed by atoms with van der Waals surface area (Å²) in [7, 11) is 0. The van der Waals surface area contributed by atoms with Crippen molar-refractivity contribution < 1.29 is 4.74 Å². The molecule has 0 aliphatic heterocycles. The summed E-state index contributed by atoms with van der Waals surface area (Å²) in [6.45, 7) is 0.490. The van der Waals surface area contributed by atoms with Gasteiger partial charge in [-0.15, -0.1) is 11.6 Å². The van der Waals surface area contributed by atoms with E-state index in [2.05, 4.69) is 4.99 Å². The van der Waals surface area contributed by atoms with Crippen molar-refractivity contribution in [3.05, 3.63) is 59.1 Å². The summed E-state index contributed by atoms with van der Waals surface area (Å²) in [6, 6.07) is 14.9. The first kappa shape index (κ1) is 14.7. The van der Waals surface area contributed by atoms with E-state index in [9.17, 15) is 0 Å². The number of benzene rings is 2. The van der Waals surface area contributed by atoms with Crippen molar-refractivity contribution in [2.24, 2.45) is 10.7 Å². The molecule has 3 nitrogen and oxygen atoms in total. The van der Waals surface area contributed by atoms with Gasteiger partial charge >= 0.3 is 0 Å². The SMILES string of the molecule is NC(CCl)=Nc1ccc(OCc2ccc(Cl)cc2)cc1. The van der Waals surface area contributed by atoms with Gasteiger partial charge < -0.3 is 10.5 Å². The molecule has 0 amide bonds. The highest BCUT2D eigenvalue weighted by atomic mass is 35.5. The lowest BCUT2D eigenvalue weighted by molar-refractivity contribution is 0.306. The van der Waals surface area contributed by atoms with Gasteiger partial charge in [0.05, 0.1) is 11.6 Å². The Morgan fingerprint density at radius 3 is 2.30 bits per heavy atom. The molecule has 20 heavy (non-hydrogen) atoms. The van der Waals surface area contributed by atoms with Gasteiger partial charge in [-0.1, -0.05) is 23.7 Å². The van der Waals surface area contributed by atoms with Crippen molar-refractivity contribution in [3.8, 4) is 5.75 Å². The number of hydrogen-bond donors (Lipinski definition) is 1. The van der Waals surface area contributed by atoms with Crippen LogP contribution in [0.5, 0.6) is 5.75 Å². The third-order valence-corrected chi connectivity index (χ3v) is 3.09. The van der Waals surface area contributed by atoms with E-state index >= 15 is 0 Å². The second-order valence-corrected chi connectivity index (χ2v) is 4.85. The van der Waals surface area contributed by atoms with Crippen LogP contribution in [-0.4, -0.2) is 11.7 Å². The van der Waals surface area contributed by atoms with Gasteiger partial charge in [-0.2, -0.15) is 0 Å². The summed E-state index contributed by atoms with van der Waals surface area (Å²) >= 11 is 11.4. The Labute approximate surface area is 128 Å². The molecule has 0 bridgehead atoms. The maximum absolute atomic E-state index is 5.83. The van der Waals surface area contributed by atoms with Crippen molar-refractivity contribution in [3.63, 3.8) is 0 Å². The van der Waals surface area contributed by atoms with Crippen LogP contribution in [-0.2, 0) is 6.61 Å². The Balaban J connectivity index is 1.95. The highest BCUT2D eigenvalue weighted by Crippen LogP contribution is 2.19. The molecule has 0 aromatic heterocycles. The van der Waals surface area contributed by atoms with Crippen LogP contribution in [0.2, 0.25) is 5.02 Å². The van der Waals surface area contributed by atoms with Gasteiger partial charge in [-0.05, 0) is 42.0 Å². The Hall–Kier alpha value is -1.71. The Kier molecular flexibility index (Phi) is 5.27. The molecule has 0 aliphatic carbocycles. The molecule has 2 rings (SSSR count). The molecule has 0 aliphatic rings. The van der Waals surface area contributed by atoms with E-state index in [-0.39, 0.29) is 5.88 Å². The maximum atomic E-state index is 5.83. The molecule has 0 saturated heterocycles. The zero-order chi connectivity index (χ0) is 14.4. The summed E-state index contributed by atoms with van der Waals surface area (Å²) in [6.07, 6.45) is 0. The second kappa shape index (κ2) is 7.17. The molecular formula is C15H14Cl2N2O. The standard InChI is InChI=1S/C15H14Cl2N2O/c16-9-15(18)19-13-5-7-14(8-6-13)20-10-11-1-3-12(17)4-2-11/h1-8H,9-10H2,(H2,18,19). The largest absolute Gasteiger partial charge is 0.489 e. The van der Waals surface area contributed by atoms with Crippen LogP contribution in [0.15, 0.2) is 53.5 Å². The monoisotopic (exact) mass is 308 g/mol. The number of nitrogens with two attached hydrogens (primary N) is 1. The maximum Gasteiger partial charge on any atom is 0.119 e. The van der Waals surface area contributed by atoms with E-state index in [0.29, 0.717) is 17.5 Å². The molecule has 2 aromatic carbocycles. The first-order chi connectivity index (χ1) is 9.67. The zero-order valence-corrected chi connectivity index (χ0v) is 12.2. The van der Waals surface area contributed by atoms with Gasteiger partial charge in [0.1, 0.15) is 18.2 Å². The fourth-order valence-corrected chi connectivity index (χ4v) is 1.75. The fraction of sp³-hybridized carbons (Fsp3) is 0.133. The molecule has 0 saturated carbocycles. The molecule has 0 atom stereocenters. The van der Waals surface area contributed by atoms with Crippen molar-refractivity contribution in [2.75, 3.05) is 5.88 Å². The number of amidine groups is 1. The predicted molar refractivity (Wildman–Crippen MR) is 84.2 cm³/mol. The predicted octanol–water partition coefficient (Wildman–Crippen LogP) is 4.15. The minimum Gasteiger partial charge on any atom is -0.489 e. The number of halogens is 2. The van der Waals surface area contributed by atoms with Crippen LogP contribution in [0.3, 0.4) is 0 Å². The summed E-state index contributed by atoms with van der Waals surface area (Å²) in [5, 5.41) is 0.716. The number of rotatable bonds is 5. The van der Waals surface area contributed by atoms with E-state index in [1.165, 1.54) is 0 Å². The van der Waals surface area contributed by atoms with E-state index in [4.69, 9.17) is 33.7 Å². The van der Waals surface area contributed by atoms with Gasteiger partial charge in [-0.25, -0.2) is 4.99 Å². The molecule has 0 radical (unpaired) electrons. The lowest BCUT2D eigenvalue weighted by Crippen LogP contribution is -2.12. The van der Waals surface area contributed by atoms with Gasteiger partial charge in [0.15, 0.2) is 0 Å². The first-order valence-electron chi connectivity index (χ1n) is 6.03. The van der Waals surface area contributed by atoms with E-state index in [0.717, 1.165) is 17.0 Å². The average molecular weight is 309 g/mol. The van der Waals surface area contributed by atoms with Crippen LogP contribution in [0.1, 0.15) is 5.56 Å². The number of alkyl halides is 1. The topological polar surface area (TPSA) is 47.6 Å². The highest BCUT2D eigenvalue weighted by Gasteiger charge is 1.98. The molecule has 0 heterocycles. The fourth-order valence-electron chi connectivity index (χ4n) is 1.56. The molecule has 0 spiro atoms. The normalized spacial score (nSPS) is 11.4. The Morgan fingerprint density at radius 1 is 1.05 bits per heavy atom. The van der Waals surface area contributed by atoms with Crippen LogP contribution in [0.25, 0.3) is 0 Å². The van der Waals surface area contributed by atoms with Gasteiger partial charge in [0, 0.05) is 5.02 Å². The Morgan fingerprint density at radius 2 is 1.70 bits per heavy atom. The van der Waals surface area contributed by atoms with Crippen molar-refractivity contribution in [2.45, 2.75) is 6.61 Å². The first-order valence-corrected chi connectivity index (χ1v) is 6.95. The van der Waals surface area contributed by atoms with E-state index in [1.54, 1.807) is 0 Å². The van der Waals surface area contributed by atoms with Crippen molar-refractivity contribution in [1.29, 1.82) is 0 Å². The Bertz CT molecular complexity index is 580. The van der Waals surface area contributed by atoms with E-state index < -0.39 is 0 Å². The average Bonchev–Trinajstić information content (AvgIpc) is 2.48. The molecular weight excluding hydrogens is 295 g/mol. The highest BCUT2D eigenvalue weighted by molar-refractivity contribution is 6.30. The summed E-state index contributed by atoms with van der Waals surface area (Å²) in [5.74, 6) is 1.37. The molecule has 5 heteroatoms. The van der Waals surface area contributed by atoms with Crippen LogP contribution >= 0.6 is 23.2 Å². The third kappa shape index (κ3) is 4.44. The number of ether oxygens (including phenoxy) is 1. The molecule has 0 fully saturated rings. The quantitative estimate of drug-likeness (QED) is 0.512. The zero-order valence-electron chi connectivity index (χ0n) is 10.7. The molecule has 0 unspecified atom stereocenters. The molecule has 2 N–H and O–H groups in total. The van der Waals surface area contributed by atoms with Crippen molar-refractivity contribution >= 4 is 34.7 Å². The van der Waals surface area contributed by atoms with Gasteiger partial charge in [0.25, 0.3) is 0 Å². The molecule has 2 aromatic rings. The summed E-state index contributed by atoms with van der Waals surface area (Å²) < 4.78 is 5.67. The second-order valence-electron chi connectivity index (χ2n) is 4.15. The number of aliphatic imine (C=N–C) groups is 1. The number of hydrogen-bond acceptors (Lipinski definition) is 2. The summed E-state index contributed by atoms with van der Waals surface area (Å²) in [4.78, 5) is 4.14. The van der Waals surface area contributed by atoms with E-state index in [1.807, 2.05) is 48.5 Å². The van der Waals surface area contributed by atoms with Gasteiger partial charge in [-0.3, -0.25) is 0 Å². The minimum absolute atomic E-state index is 0.217.